The Balaban J connectivity index is 0.000000720. The van der Waals surface area contributed by atoms with E-state index in [1.807, 2.05) is 12.1 Å². The zero-order valence-corrected chi connectivity index (χ0v) is 7.47. The molecule has 0 fully saturated rings. The Labute approximate surface area is 77.6 Å². The lowest BCUT2D eigenvalue weighted by Gasteiger charge is -2.02. The molecule has 4 heteroatoms. The van der Waals surface area contributed by atoms with Gasteiger partial charge in [0, 0.05) is 11.7 Å². The predicted octanol–water partition coefficient (Wildman–Crippen LogP) is 1.03. The van der Waals surface area contributed by atoms with Crippen molar-refractivity contribution in [3.63, 3.8) is 0 Å². The van der Waals surface area contributed by atoms with Crippen molar-refractivity contribution in [2.75, 3.05) is 5.73 Å². The van der Waals surface area contributed by atoms with Gasteiger partial charge in [0.15, 0.2) is 0 Å². The molecule has 0 saturated heterocycles. The summed E-state index contributed by atoms with van der Waals surface area (Å²) in [6.45, 7) is 0. The smallest absolute Gasteiger partial charge is 0.123 e. The molecule has 0 saturated carbocycles. The van der Waals surface area contributed by atoms with E-state index in [0.717, 1.165) is 18.5 Å². The van der Waals surface area contributed by atoms with Crippen molar-refractivity contribution in [3.05, 3.63) is 23.4 Å². The van der Waals surface area contributed by atoms with Crippen LogP contribution in [0.25, 0.3) is 0 Å². The van der Waals surface area contributed by atoms with Crippen LogP contribution in [0, 0.1) is 0 Å². The number of rotatable bonds is 0. The van der Waals surface area contributed by atoms with Gasteiger partial charge in [-0.05, 0) is 24.5 Å². The number of aromatic nitrogens is 1. The van der Waals surface area contributed by atoms with Crippen LogP contribution in [-0.2, 0) is 6.42 Å². The van der Waals surface area contributed by atoms with Crippen LogP contribution in [0.1, 0.15) is 23.7 Å². The molecule has 4 N–H and O–H groups in total. The van der Waals surface area contributed by atoms with Gasteiger partial charge in [-0.15, -0.1) is 12.4 Å². The van der Waals surface area contributed by atoms with E-state index in [0.29, 0.717) is 5.82 Å². The third kappa shape index (κ3) is 1.38. The van der Waals surface area contributed by atoms with Gasteiger partial charge in [-0.1, -0.05) is 6.07 Å². The second kappa shape index (κ2) is 3.29. The van der Waals surface area contributed by atoms with Crippen LogP contribution in [0.3, 0.4) is 0 Å². The number of nitrogens with zero attached hydrogens (tertiary/aromatic N) is 1. The summed E-state index contributed by atoms with van der Waals surface area (Å²) < 4.78 is 0. The summed E-state index contributed by atoms with van der Waals surface area (Å²) in [5, 5.41) is 0. The summed E-state index contributed by atoms with van der Waals surface area (Å²) in [5.74, 6) is 0.595. The fourth-order valence-electron chi connectivity index (χ4n) is 1.51. The van der Waals surface area contributed by atoms with Crippen molar-refractivity contribution in [1.82, 2.24) is 4.98 Å². The number of anilines is 1. The van der Waals surface area contributed by atoms with Gasteiger partial charge in [0.25, 0.3) is 0 Å². The van der Waals surface area contributed by atoms with E-state index >= 15 is 0 Å². The molecule has 66 valence electrons. The fraction of sp³-hybridized carbons (Fsp3) is 0.375. The molecular weight excluding hydrogens is 174 g/mol. The minimum absolute atomic E-state index is 0. The summed E-state index contributed by atoms with van der Waals surface area (Å²) in [6.07, 6.45) is 1.98. The second-order valence-electron chi connectivity index (χ2n) is 2.92. The van der Waals surface area contributed by atoms with Crippen molar-refractivity contribution >= 4 is 18.2 Å². The Morgan fingerprint density at radius 2 is 2.17 bits per heavy atom. The van der Waals surface area contributed by atoms with E-state index in [-0.39, 0.29) is 18.4 Å². The largest absolute Gasteiger partial charge is 0.384 e. The highest BCUT2D eigenvalue weighted by atomic mass is 35.5. The minimum atomic E-state index is 0. The Kier molecular flexibility index (Phi) is 2.55. The van der Waals surface area contributed by atoms with E-state index in [1.165, 1.54) is 5.56 Å². The first kappa shape index (κ1) is 9.29. The van der Waals surface area contributed by atoms with Crippen LogP contribution in [0.4, 0.5) is 5.82 Å². The molecule has 12 heavy (non-hydrogen) atoms. The average molecular weight is 186 g/mol. The average Bonchev–Trinajstić information content (AvgIpc) is 2.32. The molecule has 2 rings (SSSR count). The van der Waals surface area contributed by atoms with E-state index in [9.17, 15) is 0 Å². The number of hydrogen-bond donors (Lipinski definition) is 2. The van der Waals surface area contributed by atoms with Crippen LogP contribution < -0.4 is 11.5 Å². The van der Waals surface area contributed by atoms with Crippen LogP contribution in [0.15, 0.2) is 12.1 Å². The maximum absolute atomic E-state index is 5.82. The van der Waals surface area contributed by atoms with Gasteiger partial charge >= 0.3 is 0 Å². The summed E-state index contributed by atoms with van der Waals surface area (Å²) in [7, 11) is 0. The highest BCUT2D eigenvalue weighted by Crippen LogP contribution is 2.27. The Morgan fingerprint density at radius 3 is 2.92 bits per heavy atom. The fourth-order valence-corrected chi connectivity index (χ4v) is 1.51. The van der Waals surface area contributed by atoms with Gasteiger partial charge in [0.1, 0.15) is 5.82 Å². The SMILES string of the molecule is Cl.Nc1ccc2c(n1)CC[C@H]2N. The zero-order valence-electron chi connectivity index (χ0n) is 6.66. The maximum Gasteiger partial charge on any atom is 0.123 e. The maximum atomic E-state index is 5.82. The van der Waals surface area contributed by atoms with Crippen LogP contribution in [0.5, 0.6) is 0 Å². The lowest BCUT2D eigenvalue weighted by Crippen LogP contribution is -2.05. The molecule has 0 unspecified atom stereocenters. The monoisotopic (exact) mass is 185 g/mol. The molecule has 1 atom stereocenters. The van der Waals surface area contributed by atoms with Crippen molar-refractivity contribution < 1.29 is 0 Å². The number of nitrogens with two attached hydrogens (primary N) is 2. The molecule has 0 aromatic carbocycles. The molecule has 0 spiro atoms. The second-order valence-corrected chi connectivity index (χ2v) is 2.92. The van der Waals surface area contributed by atoms with E-state index in [1.54, 1.807) is 0 Å². The Hall–Kier alpha value is -0.800. The van der Waals surface area contributed by atoms with E-state index in [4.69, 9.17) is 11.5 Å². The number of halogens is 1. The number of hydrogen-bond acceptors (Lipinski definition) is 3. The van der Waals surface area contributed by atoms with Crippen molar-refractivity contribution in [1.29, 1.82) is 0 Å². The highest BCUT2D eigenvalue weighted by molar-refractivity contribution is 5.85. The summed E-state index contributed by atoms with van der Waals surface area (Å²) in [6, 6.07) is 3.97. The molecule has 1 heterocycles. The molecule has 0 aliphatic heterocycles. The number of nitrogen functional groups attached to an aromatic ring is 1. The third-order valence-electron chi connectivity index (χ3n) is 2.12. The van der Waals surface area contributed by atoms with Gasteiger partial charge < -0.3 is 11.5 Å². The first-order valence-electron chi connectivity index (χ1n) is 3.78. The van der Waals surface area contributed by atoms with Crippen molar-refractivity contribution in [2.24, 2.45) is 5.73 Å². The summed E-state index contributed by atoms with van der Waals surface area (Å²) >= 11 is 0. The highest BCUT2D eigenvalue weighted by Gasteiger charge is 2.19. The molecule has 3 nitrogen and oxygen atoms in total. The molecule has 0 amide bonds. The first-order valence-corrected chi connectivity index (χ1v) is 3.78. The topological polar surface area (TPSA) is 64.9 Å². The van der Waals surface area contributed by atoms with Gasteiger partial charge in [-0.25, -0.2) is 4.98 Å². The molecule has 0 bridgehead atoms. The van der Waals surface area contributed by atoms with Gasteiger partial charge in [-0.2, -0.15) is 0 Å². The first-order chi connectivity index (χ1) is 5.27. The standard InChI is InChI=1S/C8H11N3.ClH/c9-6-2-3-7-5(6)1-4-8(10)11-7;/h1,4,6H,2-3,9H2,(H2,10,11);1H/t6-;/m1./s1. The normalized spacial score (nSPS) is 19.9. The number of pyridine rings is 1. The van der Waals surface area contributed by atoms with Gasteiger partial charge in [-0.3, -0.25) is 0 Å². The molecule has 1 aliphatic rings. The molecule has 1 aromatic heterocycles. The molecule has 1 aliphatic carbocycles. The number of aryl methyl sites for hydroxylation is 1. The van der Waals surface area contributed by atoms with Crippen LogP contribution in [0.2, 0.25) is 0 Å². The predicted molar refractivity (Wildman–Crippen MR) is 51.1 cm³/mol. The zero-order chi connectivity index (χ0) is 7.84. The van der Waals surface area contributed by atoms with Crippen LogP contribution in [-0.4, -0.2) is 4.98 Å². The molecular formula is C8H12ClN3. The number of fused-ring (bicyclic) bond motifs is 1. The lowest BCUT2D eigenvalue weighted by atomic mass is 10.2. The van der Waals surface area contributed by atoms with E-state index in [2.05, 4.69) is 4.98 Å². The van der Waals surface area contributed by atoms with Crippen molar-refractivity contribution in [3.8, 4) is 0 Å². The van der Waals surface area contributed by atoms with Gasteiger partial charge in [0.2, 0.25) is 0 Å². The minimum Gasteiger partial charge on any atom is -0.384 e. The summed E-state index contributed by atoms with van der Waals surface area (Å²) in [4.78, 5) is 4.20. The molecule has 0 radical (unpaired) electrons. The summed E-state index contributed by atoms with van der Waals surface area (Å²) in [5.41, 5.74) is 13.6. The Morgan fingerprint density at radius 1 is 1.42 bits per heavy atom. The lowest BCUT2D eigenvalue weighted by molar-refractivity contribution is 0.712. The van der Waals surface area contributed by atoms with Crippen molar-refractivity contribution in [2.45, 2.75) is 18.9 Å². The van der Waals surface area contributed by atoms with Crippen LogP contribution >= 0.6 is 12.4 Å². The van der Waals surface area contributed by atoms with Gasteiger partial charge in [0.05, 0.1) is 0 Å². The van der Waals surface area contributed by atoms with E-state index < -0.39 is 0 Å². The third-order valence-corrected chi connectivity index (χ3v) is 2.12. The molecule has 1 aromatic rings. The Bertz CT molecular complexity index is 288. The quantitative estimate of drug-likeness (QED) is 0.635.